The van der Waals surface area contributed by atoms with Crippen molar-refractivity contribution in [3.05, 3.63) is 82.5 Å². The number of allylic oxidation sites excluding steroid dienone is 1. The number of hydrogen-bond donors (Lipinski definition) is 4. The Bertz CT molecular complexity index is 1020. The lowest BCUT2D eigenvalue weighted by molar-refractivity contribution is -0.138. The van der Waals surface area contributed by atoms with E-state index in [0.717, 1.165) is 5.56 Å². The first-order valence-corrected chi connectivity index (χ1v) is 11.3. The van der Waals surface area contributed by atoms with E-state index < -0.39 is 30.2 Å². The molecule has 0 saturated carbocycles. The SMILES string of the molecule is CC/C=C(\CNC(=O)c1ccc(Cl)cc1)N[C@@H](C)C(=O)NCC(=O)C(=O)NCc1ccccc1. The van der Waals surface area contributed by atoms with E-state index in [1.54, 1.807) is 31.2 Å². The summed E-state index contributed by atoms with van der Waals surface area (Å²) in [5.74, 6) is -2.22. The average molecular weight is 485 g/mol. The molecule has 0 aliphatic heterocycles. The summed E-state index contributed by atoms with van der Waals surface area (Å²) >= 11 is 5.84. The number of rotatable bonds is 12. The maximum absolute atomic E-state index is 12.4. The van der Waals surface area contributed by atoms with E-state index in [1.165, 1.54) is 0 Å². The van der Waals surface area contributed by atoms with Crippen molar-refractivity contribution in [2.45, 2.75) is 32.9 Å². The molecule has 0 saturated heterocycles. The Balaban J connectivity index is 1.78. The van der Waals surface area contributed by atoms with Crippen molar-refractivity contribution >= 4 is 35.1 Å². The molecule has 2 aromatic carbocycles. The summed E-state index contributed by atoms with van der Waals surface area (Å²) in [6.07, 6.45) is 2.54. The average Bonchev–Trinajstić information content (AvgIpc) is 2.85. The Morgan fingerprint density at radius 3 is 2.24 bits per heavy atom. The van der Waals surface area contributed by atoms with Gasteiger partial charge in [0.25, 0.3) is 11.8 Å². The quantitative estimate of drug-likeness (QED) is 0.345. The molecule has 0 aliphatic carbocycles. The van der Waals surface area contributed by atoms with Gasteiger partial charge in [0.15, 0.2) is 0 Å². The highest BCUT2D eigenvalue weighted by Gasteiger charge is 2.18. The molecule has 1 atom stereocenters. The molecule has 0 aliphatic rings. The predicted octanol–water partition coefficient (Wildman–Crippen LogP) is 2.34. The number of carbonyl (C=O) groups excluding carboxylic acids is 4. The number of halogens is 1. The second-order valence-corrected chi connectivity index (χ2v) is 7.94. The van der Waals surface area contributed by atoms with E-state index >= 15 is 0 Å². The Labute approximate surface area is 204 Å². The van der Waals surface area contributed by atoms with Crippen LogP contribution in [0.1, 0.15) is 36.2 Å². The minimum atomic E-state index is -0.763. The molecule has 180 valence electrons. The molecule has 2 aromatic rings. The van der Waals surface area contributed by atoms with Gasteiger partial charge in [-0.15, -0.1) is 0 Å². The summed E-state index contributed by atoms with van der Waals surface area (Å²) < 4.78 is 0. The number of hydrogen-bond acceptors (Lipinski definition) is 5. The van der Waals surface area contributed by atoms with Crippen LogP contribution in [0.5, 0.6) is 0 Å². The molecule has 4 N–H and O–H groups in total. The third-order valence-corrected chi connectivity index (χ3v) is 5.02. The second-order valence-electron chi connectivity index (χ2n) is 7.50. The van der Waals surface area contributed by atoms with Crippen LogP contribution in [0.4, 0.5) is 0 Å². The third-order valence-electron chi connectivity index (χ3n) is 4.76. The fraction of sp³-hybridized carbons (Fsp3) is 0.280. The Morgan fingerprint density at radius 2 is 1.59 bits per heavy atom. The standard InChI is InChI=1S/C25H29ClN4O4/c1-3-7-21(15-28-24(33)19-10-12-20(26)13-11-19)30-17(2)23(32)29-16-22(31)25(34)27-14-18-8-5-4-6-9-18/h4-13,17,30H,3,14-16H2,1-2H3,(H,27,34)(H,28,33)(H,29,32)/b21-7+/t17-/m0/s1. The zero-order valence-electron chi connectivity index (χ0n) is 19.2. The van der Waals surface area contributed by atoms with Crippen molar-refractivity contribution in [2.75, 3.05) is 13.1 Å². The molecular formula is C25H29ClN4O4. The van der Waals surface area contributed by atoms with Crippen molar-refractivity contribution in [2.24, 2.45) is 0 Å². The van der Waals surface area contributed by atoms with Gasteiger partial charge in [0.05, 0.1) is 13.1 Å². The van der Waals surface area contributed by atoms with Crippen molar-refractivity contribution in [1.29, 1.82) is 0 Å². The molecule has 0 heterocycles. The van der Waals surface area contributed by atoms with Crippen LogP contribution in [-0.2, 0) is 20.9 Å². The molecule has 0 bridgehead atoms. The van der Waals surface area contributed by atoms with Gasteiger partial charge in [-0.25, -0.2) is 0 Å². The summed E-state index contributed by atoms with van der Waals surface area (Å²) in [5, 5.41) is 11.4. The molecule has 0 aromatic heterocycles. The number of nitrogens with one attached hydrogen (secondary N) is 4. The molecule has 0 radical (unpaired) electrons. The highest BCUT2D eigenvalue weighted by molar-refractivity contribution is 6.37. The van der Waals surface area contributed by atoms with Crippen LogP contribution in [0.15, 0.2) is 66.4 Å². The van der Waals surface area contributed by atoms with E-state index in [-0.39, 0.29) is 19.0 Å². The van der Waals surface area contributed by atoms with Gasteiger partial charge >= 0.3 is 0 Å². The number of benzene rings is 2. The largest absolute Gasteiger partial charge is 0.376 e. The molecular weight excluding hydrogens is 456 g/mol. The molecule has 0 unspecified atom stereocenters. The normalized spacial score (nSPS) is 11.8. The van der Waals surface area contributed by atoms with Crippen LogP contribution in [0.25, 0.3) is 0 Å². The summed E-state index contributed by atoms with van der Waals surface area (Å²) in [6, 6.07) is 15.0. The van der Waals surface area contributed by atoms with E-state index in [4.69, 9.17) is 11.6 Å². The molecule has 0 fully saturated rings. The number of Topliss-reactive ketones (excluding diaryl/α,β-unsaturated/α-hetero) is 1. The highest BCUT2D eigenvalue weighted by Crippen LogP contribution is 2.09. The zero-order valence-corrected chi connectivity index (χ0v) is 19.9. The topological polar surface area (TPSA) is 116 Å². The van der Waals surface area contributed by atoms with Crippen LogP contribution in [-0.4, -0.2) is 42.6 Å². The van der Waals surface area contributed by atoms with E-state index in [2.05, 4.69) is 21.3 Å². The lowest BCUT2D eigenvalue weighted by Crippen LogP contribution is -2.46. The Hall–Kier alpha value is -3.65. The van der Waals surface area contributed by atoms with E-state index in [9.17, 15) is 19.2 Å². The maximum Gasteiger partial charge on any atom is 0.289 e. The molecule has 34 heavy (non-hydrogen) atoms. The number of amides is 3. The highest BCUT2D eigenvalue weighted by atomic mass is 35.5. The van der Waals surface area contributed by atoms with Crippen LogP contribution in [0.2, 0.25) is 5.02 Å². The lowest BCUT2D eigenvalue weighted by Gasteiger charge is -2.18. The van der Waals surface area contributed by atoms with Gasteiger partial charge in [-0.1, -0.05) is 54.9 Å². The first-order valence-electron chi connectivity index (χ1n) is 10.9. The number of ketones is 1. The van der Waals surface area contributed by atoms with Crippen LogP contribution < -0.4 is 21.3 Å². The van der Waals surface area contributed by atoms with Crippen molar-refractivity contribution in [3.8, 4) is 0 Å². The lowest BCUT2D eigenvalue weighted by atomic mass is 10.2. The fourth-order valence-corrected chi connectivity index (χ4v) is 3.05. The van der Waals surface area contributed by atoms with E-state index in [1.807, 2.05) is 43.3 Å². The summed E-state index contributed by atoms with van der Waals surface area (Å²) in [6.45, 7) is 3.56. The first-order chi connectivity index (χ1) is 16.3. The van der Waals surface area contributed by atoms with Crippen LogP contribution in [0, 0.1) is 0 Å². The molecule has 8 nitrogen and oxygen atoms in total. The van der Waals surface area contributed by atoms with Gasteiger partial charge in [-0.05, 0) is 43.2 Å². The first kappa shape index (κ1) is 26.6. The third kappa shape index (κ3) is 9.07. The fourth-order valence-electron chi connectivity index (χ4n) is 2.93. The molecule has 3 amide bonds. The Morgan fingerprint density at radius 1 is 0.912 bits per heavy atom. The zero-order chi connectivity index (χ0) is 24.9. The van der Waals surface area contributed by atoms with Gasteiger partial charge in [0, 0.05) is 22.8 Å². The summed E-state index contributed by atoms with van der Waals surface area (Å²) in [7, 11) is 0. The Kier molecular flexibility index (Phi) is 10.8. The van der Waals surface area contributed by atoms with Gasteiger partial charge < -0.3 is 21.3 Å². The van der Waals surface area contributed by atoms with Crippen molar-refractivity contribution in [1.82, 2.24) is 21.3 Å². The smallest absolute Gasteiger partial charge is 0.289 e. The minimum Gasteiger partial charge on any atom is -0.376 e. The van der Waals surface area contributed by atoms with Crippen molar-refractivity contribution < 1.29 is 19.2 Å². The summed E-state index contributed by atoms with van der Waals surface area (Å²) in [4.78, 5) is 48.7. The van der Waals surface area contributed by atoms with Crippen LogP contribution >= 0.6 is 11.6 Å². The van der Waals surface area contributed by atoms with Crippen molar-refractivity contribution in [3.63, 3.8) is 0 Å². The van der Waals surface area contributed by atoms with Gasteiger partial charge in [0.2, 0.25) is 11.7 Å². The molecule has 9 heteroatoms. The maximum atomic E-state index is 12.4. The molecule has 0 spiro atoms. The predicted molar refractivity (Wildman–Crippen MR) is 131 cm³/mol. The minimum absolute atomic E-state index is 0.188. The molecule has 2 rings (SSSR count). The number of carbonyl (C=O) groups is 4. The van der Waals surface area contributed by atoms with Gasteiger partial charge in [-0.2, -0.15) is 0 Å². The second kappa shape index (κ2) is 13.8. The monoisotopic (exact) mass is 484 g/mol. The van der Waals surface area contributed by atoms with Crippen LogP contribution in [0.3, 0.4) is 0 Å². The summed E-state index contributed by atoms with van der Waals surface area (Å²) in [5.41, 5.74) is 1.98. The van der Waals surface area contributed by atoms with Gasteiger partial charge in [0.1, 0.15) is 6.04 Å². The van der Waals surface area contributed by atoms with Gasteiger partial charge in [-0.3, -0.25) is 19.2 Å². The van der Waals surface area contributed by atoms with E-state index in [0.29, 0.717) is 22.7 Å².